The molecule has 0 atom stereocenters. The summed E-state index contributed by atoms with van der Waals surface area (Å²) in [6.07, 6.45) is -2.84. The first kappa shape index (κ1) is 14.9. The molecule has 1 radical (unpaired) electrons. The second-order valence-electron chi connectivity index (χ2n) is 3.70. The zero-order chi connectivity index (χ0) is 12.5. The van der Waals surface area contributed by atoms with Crippen LogP contribution in [0.25, 0.3) is 11.3 Å². The zero-order valence-corrected chi connectivity index (χ0v) is 11.8. The van der Waals surface area contributed by atoms with Gasteiger partial charge in [0.25, 0.3) is 0 Å². The van der Waals surface area contributed by atoms with Crippen LogP contribution in [-0.2, 0) is 26.3 Å². The smallest absolute Gasteiger partial charge is 0.305 e. The molecule has 2 rings (SSSR count). The number of pyridine rings is 1. The van der Waals surface area contributed by atoms with E-state index in [0.717, 1.165) is 6.07 Å². The predicted octanol–water partition coefficient (Wildman–Crippen LogP) is 3.87. The maximum Gasteiger partial charge on any atom is 0.399 e. The van der Waals surface area contributed by atoms with E-state index >= 15 is 0 Å². The molecular weight excluding hydrogens is 419 g/mol. The molecule has 0 saturated carbocycles. The molecule has 1 aromatic heterocycles. The van der Waals surface area contributed by atoms with Gasteiger partial charge in [-0.15, -0.1) is 29.3 Å². The van der Waals surface area contributed by atoms with E-state index in [1.54, 1.807) is 37.4 Å². The normalized spacial score (nSPS) is 10.9. The van der Waals surface area contributed by atoms with Gasteiger partial charge < -0.3 is 4.98 Å². The third-order valence-electron chi connectivity index (χ3n) is 2.26. The Balaban J connectivity index is 0.00000162. The summed E-state index contributed by atoms with van der Waals surface area (Å²) in [4.78, 5) is 4.01. The Kier molecular flexibility index (Phi) is 4.65. The van der Waals surface area contributed by atoms with Crippen molar-refractivity contribution in [3.05, 3.63) is 53.7 Å². The number of hydrogen-bond donors (Lipinski definition) is 0. The molecule has 1 heterocycles. The maximum atomic E-state index is 12.6. The van der Waals surface area contributed by atoms with Gasteiger partial charge in [0.05, 0.1) is 0 Å². The molecule has 1 aromatic carbocycles. The standard InChI is InChI=1S/C13H9F3N.Ir/c1-9-6-10(12-4-2-3-5-17-12)8-11(7-9)13(14,15)16;/h2-7H,1H3;/q-1;. The van der Waals surface area contributed by atoms with E-state index in [1.165, 1.54) is 0 Å². The van der Waals surface area contributed by atoms with Crippen LogP contribution in [-0.4, -0.2) is 4.98 Å². The van der Waals surface area contributed by atoms with Crippen molar-refractivity contribution in [2.75, 3.05) is 0 Å². The molecule has 1 nitrogen and oxygen atoms in total. The summed E-state index contributed by atoms with van der Waals surface area (Å²) >= 11 is 0. The Morgan fingerprint density at radius 2 is 1.89 bits per heavy atom. The van der Waals surface area contributed by atoms with Crippen molar-refractivity contribution < 1.29 is 33.3 Å². The molecule has 0 aliphatic rings. The second-order valence-corrected chi connectivity index (χ2v) is 3.70. The summed E-state index contributed by atoms with van der Waals surface area (Å²) in [6.45, 7) is 1.62. The quantitative estimate of drug-likeness (QED) is 0.629. The molecule has 0 saturated heterocycles. The van der Waals surface area contributed by atoms with Gasteiger partial charge in [-0.1, -0.05) is 19.1 Å². The van der Waals surface area contributed by atoms with Gasteiger partial charge in [-0.3, -0.25) is 0 Å². The fourth-order valence-corrected chi connectivity index (χ4v) is 1.53. The zero-order valence-electron chi connectivity index (χ0n) is 9.38. The summed E-state index contributed by atoms with van der Waals surface area (Å²) in [5.74, 6) is 0. The number of aromatic nitrogens is 1. The fourth-order valence-electron chi connectivity index (χ4n) is 1.53. The number of hydrogen-bond acceptors (Lipinski definition) is 1. The van der Waals surface area contributed by atoms with Crippen LogP contribution in [0.5, 0.6) is 0 Å². The molecule has 0 N–H and O–H groups in total. The summed E-state index contributed by atoms with van der Waals surface area (Å²) in [5, 5.41) is 0. The molecule has 18 heavy (non-hydrogen) atoms. The number of alkyl halides is 3. The molecule has 0 unspecified atom stereocenters. The maximum absolute atomic E-state index is 12.6. The second kappa shape index (κ2) is 5.63. The topological polar surface area (TPSA) is 12.9 Å². The molecule has 0 fully saturated rings. The largest absolute Gasteiger partial charge is 0.399 e. The third-order valence-corrected chi connectivity index (χ3v) is 2.26. The van der Waals surface area contributed by atoms with Gasteiger partial charge in [-0.2, -0.15) is 13.2 Å². The summed E-state index contributed by atoms with van der Waals surface area (Å²) < 4.78 is 37.8. The number of nitrogens with zero attached hydrogens (tertiary/aromatic N) is 1. The Morgan fingerprint density at radius 1 is 1.17 bits per heavy atom. The van der Waals surface area contributed by atoms with E-state index in [0.29, 0.717) is 16.8 Å². The van der Waals surface area contributed by atoms with Gasteiger partial charge >= 0.3 is 6.18 Å². The first-order valence-electron chi connectivity index (χ1n) is 4.99. The Hall–Kier alpha value is -1.19. The Bertz CT molecular complexity index is 524. The van der Waals surface area contributed by atoms with Crippen molar-refractivity contribution in [1.29, 1.82) is 0 Å². The minimum Gasteiger partial charge on any atom is -0.305 e. The van der Waals surface area contributed by atoms with E-state index in [2.05, 4.69) is 11.1 Å². The SMILES string of the molecule is Cc1cc(-c2ccccn2)[c-]c(C(F)(F)F)c1.[Ir]. The molecule has 5 heteroatoms. The molecule has 0 spiro atoms. The first-order valence-corrected chi connectivity index (χ1v) is 4.99. The van der Waals surface area contributed by atoms with Crippen LogP contribution in [0.2, 0.25) is 0 Å². The van der Waals surface area contributed by atoms with Crippen LogP contribution in [0.1, 0.15) is 11.1 Å². The van der Waals surface area contributed by atoms with E-state index < -0.39 is 11.7 Å². The number of benzene rings is 1. The third kappa shape index (κ3) is 3.40. The van der Waals surface area contributed by atoms with Gasteiger partial charge in [0.2, 0.25) is 0 Å². The van der Waals surface area contributed by atoms with Crippen molar-refractivity contribution >= 4 is 0 Å². The van der Waals surface area contributed by atoms with Crippen LogP contribution in [0, 0.1) is 13.0 Å². The molecular formula is C13H9F3IrN-. The van der Waals surface area contributed by atoms with Gasteiger partial charge in [0.15, 0.2) is 0 Å². The van der Waals surface area contributed by atoms with E-state index in [-0.39, 0.29) is 20.1 Å². The summed E-state index contributed by atoms with van der Waals surface area (Å²) in [5.41, 5.74) is 0.620. The van der Waals surface area contributed by atoms with Crippen molar-refractivity contribution in [2.45, 2.75) is 13.1 Å². The van der Waals surface area contributed by atoms with Crippen LogP contribution in [0.4, 0.5) is 13.2 Å². The van der Waals surface area contributed by atoms with Crippen LogP contribution in [0.3, 0.4) is 0 Å². The average molecular weight is 428 g/mol. The first-order chi connectivity index (χ1) is 7.97. The fraction of sp³-hybridized carbons (Fsp3) is 0.154. The van der Waals surface area contributed by atoms with Crippen LogP contribution >= 0.6 is 0 Å². The molecule has 0 aliphatic carbocycles. The van der Waals surface area contributed by atoms with Gasteiger partial charge in [0, 0.05) is 26.3 Å². The van der Waals surface area contributed by atoms with E-state index in [4.69, 9.17) is 0 Å². The Morgan fingerprint density at radius 3 is 2.44 bits per heavy atom. The van der Waals surface area contributed by atoms with Crippen LogP contribution < -0.4 is 0 Å². The van der Waals surface area contributed by atoms with Gasteiger partial charge in [-0.25, -0.2) is 0 Å². The van der Waals surface area contributed by atoms with E-state index in [9.17, 15) is 13.2 Å². The molecule has 97 valence electrons. The average Bonchev–Trinajstić information content (AvgIpc) is 2.28. The predicted molar refractivity (Wildman–Crippen MR) is 58.2 cm³/mol. The van der Waals surface area contributed by atoms with Crippen molar-refractivity contribution in [2.24, 2.45) is 0 Å². The van der Waals surface area contributed by atoms with Gasteiger partial charge in [0.1, 0.15) is 0 Å². The number of rotatable bonds is 1. The van der Waals surface area contributed by atoms with Crippen molar-refractivity contribution in [3.63, 3.8) is 0 Å². The molecule has 0 amide bonds. The van der Waals surface area contributed by atoms with Crippen molar-refractivity contribution in [1.82, 2.24) is 4.98 Å². The number of aryl methyl sites for hydroxylation is 1. The summed E-state index contributed by atoms with van der Waals surface area (Å²) in [7, 11) is 0. The molecule has 0 bridgehead atoms. The molecule has 0 aliphatic heterocycles. The molecule has 2 aromatic rings. The number of halogens is 3. The minimum atomic E-state index is -4.38. The van der Waals surface area contributed by atoms with Crippen molar-refractivity contribution in [3.8, 4) is 11.3 Å². The van der Waals surface area contributed by atoms with E-state index in [1.807, 2.05) is 0 Å². The van der Waals surface area contributed by atoms with Gasteiger partial charge in [-0.05, 0) is 17.3 Å². The minimum absolute atomic E-state index is 0. The van der Waals surface area contributed by atoms with Crippen LogP contribution in [0.15, 0.2) is 36.5 Å². The summed E-state index contributed by atoms with van der Waals surface area (Å²) in [6, 6.07) is 10.2. The Labute approximate surface area is 116 Å². The monoisotopic (exact) mass is 429 g/mol.